The Morgan fingerprint density at radius 3 is 2.55 bits per heavy atom. The van der Waals surface area contributed by atoms with Crippen LogP contribution in [-0.2, 0) is 11.3 Å². The van der Waals surface area contributed by atoms with Gasteiger partial charge in [0.05, 0.1) is 7.05 Å². The highest BCUT2D eigenvalue weighted by molar-refractivity contribution is 6.30. The number of hydrogen-bond acceptors (Lipinski definition) is 1. The van der Waals surface area contributed by atoms with Crippen molar-refractivity contribution in [2.45, 2.75) is 13.5 Å². The summed E-state index contributed by atoms with van der Waals surface area (Å²) >= 11 is 5.90. The zero-order chi connectivity index (χ0) is 16.1. The van der Waals surface area contributed by atoms with Crippen LogP contribution in [0.4, 0.5) is 10.1 Å². The van der Waals surface area contributed by atoms with Crippen molar-refractivity contribution < 1.29 is 14.1 Å². The van der Waals surface area contributed by atoms with Gasteiger partial charge in [-0.05, 0) is 42.8 Å². The van der Waals surface area contributed by atoms with Crippen molar-refractivity contribution in [2.24, 2.45) is 0 Å². The molecule has 0 saturated heterocycles. The molecule has 0 aliphatic rings. The summed E-state index contributed by atoms with van der Waals surface area (Å²) in [6.07, 6.45) is 0. The highest BCUT2D eigenvalue weighted by Gasteiger charge is 2.12. The van der Waals surface area contributed by atoms with Gasteiger partial charge in [-0.2, -0.15) is 0 Å². The lowest BCUT2D eigenvalue weighted by Crippen LogP contribution is -3.08. The number of anilines is 1. The van der Waals surface area contributed by atoms with E-state index in [1.807, 2.05) is 20.0 Å². The van der Waals surface area contributed by atoms with Gasteiger partial charge in [-0.15, -0.1) is 0 Å². The normalized spacial score (nSPS) is 12.0. The van der Waals surface area contributed by atoms with E-state index in [1.54, 1.807) is 24.3 Å². The number of likely N-dealkylation sites (N-methyl/N-ethyl adjacent to an activating group) is 1. The van der Waals surface area contributed by atoms with Crippen LogP contribution in [0.1, 0.15) is 11.1 Å². The Bertz CT molecular complexity index is 658. The fraction of sp³-hybridized carbons (Fsp3) is 0.235. The molecule has 5 heteroatoms. The van der Waals surface area contributed by atoms with Gasteiger partial charge in [-0.1, -0.05) is 23.7 Å². The van der Waals surface area contributed by atoms with E-state index in [4.69, 9.17) is 11.6 Å². The molecule has 0 aromatic heterocycles. The Morgan fingerprint density at radius 2 is 1.91 bits per heavy atom. The zero-order valence-electron chi connectivity index (χ0n) is 12.6. The number of benzene rings is 2. The van der Waals surface area contributed by atoms with Crippen molar-refractivity contribution >= 4 is 23.2 Å². The Kier molecular flexibility index (Phi) is 5.52. The van der Waals surface area contributed by atoms with E-state index in [-0.39, 0.29) is 11.7 Å². The number of halogens is 2. The van der Waals surface area contributed by atoms with Crippen LogP contribution in [0.25, 0.3) is 0 Å². The molecule has 0 spiro atoms. The summed E-state index contributed by atoms with van der Waals surface area (Å²) in [6, 6.07) is 11.7. The minimum absolute atomic E-state index is 0.0648. The lowest BCUT2D eigenvalue weighted by molar-refractivity contribution is -0.885. The maximum absolute atomic E-state index is 12.9. The van der Waals surface area contributed by atoms with E-state index < -0.39 is 0 Å². The van der Waals surface area contributed by atoms with Crippen molar-refractivity contribution in [1.29, 1.82) is 0 Å². The predicted molar refractivity (Wildman–Crippen MR) is 86.7 cm³/mol. The monoisotopic (exact) mass is 321 g/mol. The topological polar surface area (TPSA) is 33.5 Å². The molecule has 2 aromatic rings. The largest absolute Gasteiger partial charge is 0.326 e. The first-order valence-electron chi connectivity index (χ1n) is 7.06. The second-order valence-electron chi connectivity index (χ2n) is 5.44. The summed E-state index contributed by atoms with van der Waals surface area (Å²) in [5, 5.41) is 3.53. The summed E-state index contributed by atoms with van der Waals surface area (Å²) in [5.74, 6) is -0.317. The Balaban J connectivity index is 1.89. The van der Waals surface area contributed by atoms with E-state index in [9.17, 15) is 9.18 Å². The van der Waals surface area contributed by atoms with Gasteiger partial charge in [0.2, 0.25) is 0 Å². The highest BCUT2D eigenvalue weighted by atomic mass is 35.5. The average Bonchev–Trinajstić information content (AvgIpc) is 2.44. The number of carbonyl (C=O) groups excluding carboxylic acids is 1. The minimum Gasteiger partial charge on any atom is -0.326 e. The van der Waals surface area contributed by atoms with Crippen LogP contribution in [0.2, 0.25) is 5.02 Å². The third-order valence-corrected chi connectivity index (χ3v) is 3.58. The van der Waals surface area contributed by atoms with Gasteiger partial charge in [-0.25, -0.2) is 4.39 Å². The average molecular weight is 322 g/mol. The molecule has 2 N–H and O–H groups in total. The van der Waals surface area contributed by atoms with E-state index in [0.29, 0.717) is 18.1 Å². The van der Waals surface area contributed by atoms with Gasteiger partial charge in [0.1, 0.15) is 12.4 Å². The molecule has 22 heavy (non-hydrogen) atoms. The van der Waals surface area contributed by atoms with Gasteiger partial charge >= 0.3 is 0 Å². The van der Waals surface area contributed by atoms with Crippen molar-refractivity contribution in [1.82, 2.24) is 0 Å². The van der Waals surface area contributed by atoms with Gasteiger partial charge in [0, 0.05) is 16.3 Å². The van der Waals surface area contributed by atoms with Crippen molar-refractivity contribution in [3.8, 4) is 0 Å². The standard InChI is InChI=1S/C17H18ClFN2O/c1-12-9-14(18)5-8-16(12)20-17(22)11-21(2)10-13-3-6-15(19)7-4-13/h3-9H,10-11H2,1-2H3,(H,20,22)/p+1. The molecule has 3 nitrogen and oxygen atoms in total. The molecule has 1 atom stereocenters. The maximum Gasteiger partial charge on any atom is 0.279 e. The molecular formula is C17H19ClFN2O+. The van der Waals surface area contributed by atoms with E-state index in [1.165, 1.54) is 12.1 Å². The molecule has 0 bridgehead atoms. The third kappa shape index (κ3) is 4.83. The second-order valence-corrected chi connectivity index (χ2v) is 5.88. The van der Waals surface area contributed by atoms with Crippen LogP contribution < -0.4 is 10.2 Å². The number of carbonyl (C=O) groups is 1. The number of amides is 1. The Morgan fingerprint density at radius 1 is 1.23 bits per heavy atom. The first-order valence-corrected chi connectivity index (χ1v) is 7.43. The molecule has 0 saturated carbocycles. The summed E-state index contributed by atoms with van der Waals surface area (Å²) in [4.78, 5) is 13.1. The number of rotatable bonds is 5. The van der Waals surface area contributed by atoms with Crippen LogP contribution in [0.5, 0.6) is 0 Å². The summed E-state index contributed by atoms with van der Waals surface area (Å²) in [5.41, 5.74) is 2.69. The van der Waals surface area contributed by atoms with Gasteiger partial charge < -0.3 is 10.2 Å². The zero-order valence-corrected chi connectivity index (χ0v) is 13.4. The smallest absolute Gasteiger partial charge is 0.279 e. The van der Waals surface area contributed by atoms with Crippen molar-refractivity contribution in [3.63, 3.8) is 0 Å². The molecule has 0 aliphatic heterocycles. The fourth-order valence-corrected chi connectivity index (χ4v) is 2.48. The predicted octanol–water partition coefficient (Wildman–Crippen LogP) is 2.44. The molecule has 2 aromatic carbocycles. The third-order valence-electron chi connectivity index (χ3n) is 3.34. The summed E-state index contributed by atoms with van der Waals surface area (Å²) in [6.45, 7) is 2.89. The summed E-state index contributed by atoms with van der Waals surface area (Å²) < 4.78 is 12.9. The van der Waals surface area contributed by atoms with Crippen LogP contribution in [0.3, 0.4) is 0 Å². The molecular weight excluding hydrogens is 303 g/mol. The molecule has 0 fully saturated rings. The number of aryl methyl sites for hydroxylation is 1. The number of hydrogen-bond donors (Lipinski definition) is 2. The lowest BCUT2D eigenvalue weighted by atomic mass is 10.2. The van der Waals surface area contributed by atoms with E-state index in [0.717, 1.165) is 21.7 Å². The fourth-order valence-electron chi connectivity index (χ4n) is 2.25. The van der Waals surface area contributed by atoms with Gasteiger partial charge in [0.15, 0.2) is 6.54 Å². The molecule has 1 unspecified atom stereocenters. The van der Waals surface area contributed by atoms with Crippen LogP contribution in [0.15, 0.2) is 42.5 Å². The quantitative estimate of drug-likeness (QED) is 0.871. The lowest BCUT2D eigenvalue weighted by Gasteiger charge is -2.14. The van der Waals surface area contributed by atoms with E-state index in [2.05, 4.69) is 5.32 Å². The van der Waals surface area contributed by atoms with Crippen molar-refractivity contribution in [2.75, 3.05) is 18.9 Å². The van der Waals surface area contributed by atoms with E-state index >= 15 is 0 Å². The molecule has 116 valence electrons. The minimum atomic E-state index is -0.252. The number of nitrogens with one attached hydrogen (secondary N) is 2. The first kappa shape index (κ1) is 16.5. The van der Waals surface area contributed by atoms with Gasteiger partial charge in [-0.3, -0.25) is 4.79 Å². The maximum atomic E-state index is 12.9. The summed E-state index contributed by atoms with van der Waals surface area (Å²) in [7, 11) is 1.93. The Labute approximate surface area is 134 Å². The molecule has 1 amide bonds. The SMILES string of the molecule is Cc1cc(Cl)ccc1NC(=O)C[NH+](C)Cc1ccc(F)cc1. The molecule has 0 aliphatic carbocycles. The van der Waals surface area contributed by atoms with Crippen LogP contribution >= 0.6 is 11.6 Å². The van der Waals surface area contributed by atoms with Crippen LogP contribution in [-0.4, -0.2) is 19.5 Å². The van der Waals surface area contributed by atoms with Crippen molar-refractivity contribution in [3.05, 3.63) is 64.4 Å². The highest BCUT2D eigenvalue weighted by Crippen LogP contribution is 2.19. The molecule has 0 heterocycles. The molecule has 2 rings (SSSR count). The molecule has 0 radical (unpaired) electrons. The second kappa shape index (κ2) is 7.38. The number of quaternary nitrogens is 1. The van der Waals surface area contributed by atoms with Gasteiger partial charge in [0.25, 0.3) is 5.91 Å². The van der Waals surface area contributed by atoms with Crippen LogP contribution in [0, 0.1) is 12.7 Å². The first-order chi connectivity index (χ1) is 10.4. The Hall–Kier alpha value is -1.91.